The van der Waals surface area contributed by atoms with E-state index < -0.39 is 11.6 Å². The van der Waals surface area contributed by atoms with Crippen molar-refractivity contribution in [3.8, 4) is 34.5 Å². The normalized spacial score (nSPS) is 16.2. The minimum Gasteiger partial charge on any atom is -0.464 e. The Balaban J connectivity index is 1.53. The molecule has 0 radical (unpaired) electrons. The van der Waals surface area contributed by atoms with Crippen molar-refractivity contribution in [2.75, 3.05) is 26.7 Å². The lowest BCUT2D eigenvalue weighted by Gasteiger charge is -2.29. The molecular formula is C28H25FN6O3. The first-order chi connectivity index (χ1) is 18.4. The van der Waals surface area contributed by atoms with Crippen LogP contribution in [0.15, 0.2) is 58.0 Å². The van der Waals surface area contributed by atoms with Crippen molar-refractivity contribution in [2.24, 2.45) is 13.0 Å². The predicted octanol–water partition coefficient (Wildman–Crippen LogP) is 4.24. The molecule has 0 bridgehead atoms. The van der Waals surface area contributed by atoms with E-state index in [1.807, 2.05) is 0 Å². The van der Waals surface area contributed by atoms with Gasteiger partial charge in [-0.05, 0) is 56.3 Å². The molecule has 6 rings (SSSR count). The van der Waals surface area contributed by atoms with Gasteiger partial charge in [-0.2, -0.15) is 10.2 Å². The fraction of sp³-hybridized carbons (Fsp3) is 0.286. The average molecular weight is 513 g/mol. The van der Waals surface area contributed by atoms with Gasteiger partial charge in [0.1, 0.15) is 5.52 Å². The molecule has 1 aliphatic heterocycles. The molecule has 4 heterocycles. The van der Waals surface area contributed by atoms with Crippen LogP contribution in [0.4, 0.5) is 4.39 Å². The number of imidazole rings is 1. The van der Waals surface area contributed by atoms with Gasteiger partial charge in [0.15, 0.2) is 17.0 Å². The van der Waals surface area contributed by atoms with Gasteiger partial charge < -0.3 is 14.1 Å². The highest BCUT2D eigenvalue weighted by Crippen LogP contribution is 2.38. The van der Waals surface area contributed by atoms with E-state index in [2.05, 4.69) is 23.0 Å². The first-order valence-electron chi connectivity index (χ1n) is 12.4. The number of ether oxygens (including phenoxy) is 1. The third-order valence-electron chi connectivity index (χ3n) is 7.10. The molecule has 2 aromatic carbocycles. The van der Waals surface area contributed by atoms with Crippen molar-refractivity contribution < 1.29 is 13.5 Å². The summed E-state index contributed by atoms with van der Waals surface area (Å²) in [4.78, 5) is 23.9. The number of piperidine rings is 1. The smallest absolute Gasteiger partial charge is 0.419 e. The van der Waals surface area contributed by atoms with Crippen LogP contribution in [0.25, 0.3) is 39.1 Å². The number of halogens is 1. The van der Waals surface area contributed by atoms with E-state index in [9.17, 15) is 10.1 Å². The maximum Gasteiger partial charge on any atom is 0.419 e. The van der Waals surface area contributed by atoms with Crippen molar-refractivity contribution in [1.29, 1.82) is 5.26 Å². The highest BCUT2D eigenvalue weighted by atomic mass is 19.1. The van der Waals surface area contributed by atoms with E-state index in [4.69, 9.17) is 14.1 Å². The van der Waals surface area contributed by atoms with Crippen molar-refractivity contribution in [2.45, 2.75) is 12.8 Å². The Morgan fingerprint density at radius 1 is 1.21 bits per heavy atom. The van der Waals surface area contributed by atoms with Gasteiger partial charge in [0, 0.05) is 37.5 Å². The van der Waals surface area contributed by atoms with Gasteiger partial charge in [-0.15, -0.1) is 0 Å². The molecule has 1 fully saturated rings. The second-order valence-electron chi connectivity index (χ2n) is 9.74. The summed E-state index contributed by atoms with van der Waals surface area (Å²) in [5.74, 6) is -0.864. The van der Waals surface area contributed by atoms with Crippen LogP contribution in [-0.2, 0) is 7.05 Å². The third-order valence-corrected chi connectivity index (χ3v) is 7.10. The number of rotatable bonds is 5. The Bertz CT molecular complexity index is 1760. The Kier molecular flexibility index (Phi) is 5.93. The van der Waals surface area contributed by atoms with Crippen molar-refractivity contribution >= 4 is 16.7 Å². The van der Waals surface area contributed by atoms with Gasteiger partial charge >= 0.3 is 11.8 Å². The number of fused-ring (bicyclic) bond motifs is 2. The molecule has 1 saturated heterocycles. The Labute approximate surface area is 217 Å². The van der Waals surface area contributed by atoms with Crippen LogP contribution in [0.1, 0.15) is 18.4 Å². The summed E-state index contributed by atoms with van der Waals surface area (Å²) in [6, 6.07) is 12.5. The van der Waals surface area contributed by atoms with Crippen LogP contribution in [0.2, 0.25) is 0 Å². The van der Waals surface area contributed by atoms with E-state index >= 15 is 4.39 Å². The molecule has 0 N–H and O–H groups in total. The SMILES string of the molecule is CN1CCC[C@@H](COc2nc(-c3ccc(C#N)cc3)c(-c3cc(F)c4c(c3)oc(=O)n4C)c3nccn23)C1. The Hall–Kier alpha value is -4.49. The largest absolute Gasteiger partial charge is 0.464 e. The number of nitriles is 1. The van der Waals surface area contributed by atoms with E-state index in [0.717, 1.165) is 30.5 Å². The first kappa shape index (κ1) is 23.9. The standard InChI is InChI=1S/C28H25FN6O3/c1-33-10-3-4-18(15-33)16-37-27-32-24(19-7-5-17(14-30)6-8-19)23(26-31-9-11-35(26)27)20-12-21(29)25-22(13-20)38-28(36)34(25)2/h5-9,11-13,18H,3-4,10,15-16H2,1-2H3/t18-/m1/s1. The summed E-state index contributed by atoms with van der Waals surface area (Å²) < 4.78 is 29.7. The zero-order valence-electron chi connectivity index (χ0n) is 21.0. The van der Waals surface area contributed by atoms with Crippen molar-refractivity contribution in [3.05, 3.63) is 70.7 Å². The van der Waals surface area contributed by atoms with Crippen LogP contribution >= 0.6 is 0 Å². The molecule has 0 saturated carbocycles. The zero-order valence-corrected chi connectivity index (χ0v) is 21.0. The maximum absolute atomic E-state index is 15.3. The van der Waals surface area contributed by atoms with Crippen LogP contribution in [-0.4, -0.2) is 50.6 Å². The molecule has 0 unspecified atom stereocenters. The molecule has 3 aromatic heterocycles. The van der Waals surface area contributed by atoms with Crippen LogP contribution < -0.4 is 10.5 Å². The summed E-state index contributed by atoms with van der Waals surface area (Å²) >= 11 is 0. The molecule has 9 nitrogen and oxygen atoms in total. The van der Waals surface area contributed by atoms with Gasteiger partial charge in [-0.3, -0.25) is 8.97 Å². The number of likely N-dealkylation sites (tertiary alicyclic amines) is 1. The number of benzene rings is 2. The second kappa shape index (κ2) is 9.43. The predicted molar refractivity (Wildman–Crippen MR) is 139 cm³/mol. The Morgan fingerprint density at radius 3 is 2.79 bits per heavy atom. The minimum atomic E-state index is -0.649. The van der Waals surface area contributed by atoms with Crippen LogP contribution in [0.5, 0.6) is 6.01 Å². The molecule has 0 spiro atoms. The Morgan fingerprint density at radius 2 is 2.03 bits per heavy atom. The number of hydrogen-bond acceptors (Lipinski definition) is 7. The maximum atomic E-state index is 15.3. The lowest BCUT2D eigenvalue weighted by molar-refractivity contribution is 0.143. The molecule has 5 aromatic rings. The average Bonchev–Trinajstić information content (AvgIpc) is 3.51. The lowest BCUT2D eigenvalue weighted by Crippen LogP contribution is -2.35. The molecule has 10 heteroatoms. The van der Waals surface area contributed by atoms with E-state index in [0.29, 0.717) is 52.1 Å². The second-order valence-corrected chi connectivity index (χ2v) is 9.74. The fourth-order valence-electron chi connectivity index (χ4n) is 5.21. The molecule has 0 aliphatic carbocycles. The summed E-state index contributed by atoms with van der Waals surface area (Å²) in [6.45, 7) is 2.54. The van der Waals surface area contributed by atoms with Gasteiger partial charge in [-0.25, -0.2) is 14.2 Å². The van der Waals surface area contributed by atoms with Gasteiger partial charge in [-0.1, -0.05) is 12.1 Å². The van der Waals surface area contributed by atoms with Crippen LogP contribution in [0, 0.1) is 23.1 Å². The zero-order chi connectivity index (χ0) is 26.4. The highest BCUT2D eigenvalue weighted by molar-refractivity contribution is 5.93. The monoisotopic (exact) mass is 512 g/mol. The number of aryl methyl sites for hydroxylation is 1. The summed E-state index contributed by atoms with van der Waals surface area (Å²) in [7, 11) is 3.57. The van der Waals surface area contributed by atoms with E-state index in [-0.39, 0.29) is 11.1 Å². The lowest BCUT2D eigenvalue weighted by atomic mass is 9.98. The number of hydrogen-bond donors (Lipinski definition) is 0. The molecule has 192 valence electrons. The van der Waals surface area contributed by atoms with Gasteiger partial charge in [0.2, 0.25) is 0 Å². The van der Waals surface area contributed by atoms with Gasteiger partial charge in [0.25, 0.3) is 0 Å². The highest BCUT2D eigenvalue weighted by Gasteiger charge is 2.24. The molecule has 1 atom stereocenters. The summed E-state index contributed by atoms with van der Waals surface area (Å²) in [5, 5.41) is 9.28. The van der Waals surface area contributed by atoms with E-state index in [1.165, 1.54) is 13.1 Å². The fourth-order valence-corrected chi connectivity index (χ4v) is 5.21. The van der Waals surface area contributed by atoms with Crippen LogP contribution in [0.3, 0.4) is 0 Å². The number of aromatic nitrogens is 4. The topological polar surface area (TPSA) is 102 Å². The molecule has 38 heavy (non-hydrogen) atoms. The molecule has 0 amide bonds. The van der Waals surface area contributed by atoms with Crippen molar-refractivity contribution in [1.82, 2.24) is 23.8 Å². The van der Waals surface area contributed by atoms with Crippen molar-refractivity contribution in [3.63, 3.8) is 0 Å². The number of nitrogens with zero attached hydrogens (tertiary/aromatic N) is 6. The number of oxazole rings is 1. The molecular weight excluding hydrogens is 487 g/mol. The summed E-state index contributed by atoms with van der Waals surface area (Å²) in [6.07, 6.45) is 5.60. The van der Waals surface area contributed by atoms with Gasteiger partial charge in [0.05, 0.1) is 29.5 Å². The van der Waals surface area contributed by atoms with E-state index in [1.54, 1.807) is 47.1 Å². The summed E-state index contributed by atoms with van der Waals surface area (Å²) in [5.41, 5.74) is 3.47. The minimum absolute atomic E-state index is 0.0865. The third kappa shape index (κ3) is 4.11. The molecule has 1 aliphatic rings. The quantitative estimate of drug-likeness (QED) is 0.347. The first-order valence-corrected chi connectivity index (χ1v) is 12.4.